The number of carbonyl (C=O) groups is 1. The van der Waals surface area contributed by atoms with Crippen LogP contribution in [-0.2, 0) is 14.8 Å². The summed E-state index contributed by atoms with van der Waals surface area (Å²) in [6.07, 6.45) is -1.96. The maximum absolute atomic E-state index is 12.1. The second-order valence-corrected chi connectivity index (χ2v) is 5.15. The lowest BCUT2D eigenvalue weighted by atomic mass is 10.2. The summed E-state index contributed by atoms with van der Waals surface area (Å²) in [6, 6.07) is -1.87. The number of carboxylic acids is 1. The van der Waals surface area contributed by atoms with Gasteiger partial charge in [0, 0.05) is 13.0 Å². The molecule has 0 bridgehead atoms. The van der Waals surface area contributed by atoms with Gasteiger partial charge in [-0.05, 0) is 0 Å². The molecular weight excluding hydrogens is 255 g/mol. The third-order valence-electron chi connectivity index (χ3n) is 2.12. The Morgan fingerprint density at radius 2 is 1.88 bits per heavy atom. The highest BCUT2D eigenvalue weighted by Gasteiger charge is 2.55. The smallest absolute Gasteiger partial charge is 0.480 e. The summed E-state index contributed by atoms with van der Waals surface area (Å²) in [6.45, 7) is -0.862. The fraction of sp³-hybridized carbons (Fsp3) is 0.833. The molecule has 1 heterocycles. The molecule has 1 unspecified atom stereocenters. The van der Waals surface area contributed by atoms with E-state index in [1.165, 1.54) is 0 Å². The van der Waals surface area contributed by atoms with Crippen LogP contribution in [0.2, 0.25) is 0 Å². The summed E-state index contributed by atoms with van der Waals surface area (Å²) in [5, 5.41) is 17.6. The zero-order valence-corrected chi connectivity index (χ0v) is 8.49. The lowest BCUT2D eigenvalue weighted by molar-refractivity contribution is -0.141. The Balaban J connectivity index is 3.09. The first-order valence-corrected chi connectivity index (χ1v) is 5.50. The van der Waals surface area contributed by atoms with Crippen LogP contribution in [0, 0.1) is 0 Å². The molecule has 0 radical (unpaired) electrons. The van der Waals surface area contributed by atoms with Crippen LogP contribution in [0.1, 0.15) is 6.42 Å². The first kappa shape index (κ1) is 13.2. The summed E-state index contributed by atoms with van der Waals surface area (Å²) in [5.74, 6) is -1.72. The van der Waals surface area contributed by atoms with Crippen LogP contribution < -0.4 is 0 Å². The predicted octanol–water partition coefficient (Wildman–Crippen LogP) is -0.644. The molecule has 0 aliphatic carbocycles. The molecule has 0 saturated carbocycles. The number of aliphatic hydroxyl groups excluding tert-OH is 1. The molecule has 10 heteroatoms. The van der Waals surface area contributed by atoms with Gasteiger partial charge in [0.1, 0.15) is 6.04 Å². The number of alkyl halides is 3. The van der Waals surface area contributed by atoms with Crippen molar-refractivity contribution in [3.05, 3.63) is 0 Å². The molecule has 6 nitrogen and oxygen atoms in total. The van der Waals surface area contributed by atoms with Crippen LogP contribution in [0.3, 0.4) is 0 Å². The Hall–Kier alpha value is -0.870. The summed E-state index contributed by atoms with van der Waals surface area (Å²) in [7, 11) is -5.71. The standard InChI is InChI=1S/C6H8F3NO5S/c7-6(8,9)16(14,15)10-2-3(11)1-4(10)5(12)13/h3-4,11H,1-2H2,(H,12,13)/t3?,4-/m0/s1. The van der Waals surface area contributed by atoms with Crippen LogP contribution in [0.4, 0.5) is 13.2 Å². The van der Waals surface area contributed by atoms with Crippen LogP contribution in [0.15, 0.2) is 0 Å². The third kappa shape index (κ3) is 2.13. The van der Waals surface area contributed by atoms with Gasteiger partial charge in [0.05, 0.1) is 6.10 Å². The Bertz CT molecular complexity index is 391. The lowest BCUT2D eigenvalue weighted by Gasteiger charge is -2.21. The van der Waals surface area contributed by atoms with Crippen molar-refractivity contribution in [1.29, 1.82) is 0 Å². The summed E-state index contributed by atoms with van der Waals surface area (Å²) in [5.41, 5.74) is -5.56. The number of aliphatic hydroxyl groups is 1. The first-order valence-electron chi connectivity index (χ1n) is 4.06. The quantitative estimate of drug-likeness (QED) is 0.690. The van der Waals surface area contributed by atoms with E-state index in [-0.39, 0.29) is 4.31 Å². The van der Waals surface area contributed by atoms with Gasteiger partial charge < -0.3 is 10.2 Å². The molecule has 0 amide bonds. The van der Waals surface area contributed by atoms with Crippen LogP contribution in [0.25, 0.3) is 0 Å². The van der Waals surface area contributed by atoms with Gasteiger partial charge in [-0.3, -0.25) is 4.79 Å². The number of hydrogen-bond acceptors (Lipinski definition) is 4. The van der Waals surface area contributed by atoms with Gasteiger partial charge in [0.25, 0.3) is 0 Å². The Kier molecular flexibility index (Phi) is 3.18. The van der Waals surface area contributed by atoms with Crippen molar-refractivity contribution in [2.75, 3.05) is 6.54 Å². The molecule has 1 saturated heterocycles. The molecular formula is C6H8F3NO5S. The van der Waals surface area contributed by atoms with Crippen molar-refractivity contribution in [2.24, 2.45) is 0 Å². The number of halogens is 3. The van der Waals surface area contributed by atoms with Crippen molar-refractivity contribution < 1.29 is 36.6 Å². The van der Waals surface area contributed by atoms with E-state index < -0.39 is 46.6 Å². The minimum absolute atomic E-state index is 0.236. The molecule has 0 aromatic carbocycles. The van der Waals surface area contributed by atoms with Crippen molar-refractivity contribution in [1.82, 2.24) is 4.31 Å². The SMILES string of the molecule is O=C(O)[C@@H]1CC(O)CN1S(=O)(=O)C(F)(F)F. The highest BCUT2D eigenvalue weighted by Crippen LogP contribution is 2.32. The van der Waals surface area contributed by atoms with E-state index >= 15 is 0 Å². The van der Waals surface area contributed by atoms with Gasteiger partial charge in [-0.2, -0.15) is 17.5 Å². The number of rotatable bonds is 2. The molecule has 16 heavy (non-hydrogen) atoms. The molecule has 1 rings (SSSR count). The number of β-amino-alcohol motifs (C(OH)–C–C–N with tert-alkyl or cyclic N) is 1. The lowest BCUT2D eigenvalue weighted by Crippen LogP contribution is -2.46. The summed E-state index contributed by atoms with van der Waals surface area (Å²) >= 11 is 0. The van der Waals surface area contributed by atoms with E-state index in [4.69, 9.17) is 10.2 Å². The maximum atomic E-state index is 12.1. The zero-order valence-electron chi connectivity index (χ0n) is 7.68. The molecule has 1 aliphatic rings. The molecule has 94 valence electrons. The second kappa shape index (κ2) is 3.86. The molecule has 1 fully saturated rings. The molecule has 0 aromatic heterocycles. The molecule has 0 spiro atoms. The number of nitrogens with zero attached hydrogens (tertiary/aromatic N) is 1. The average molecular weight is 263 g/mol. The van der Waals surface area contributed by atoms with E-state index in [0.29, 0.717) is 0 Å². The summed E-state index contributed by atoms with van der Waals surface area (Å²) in [4.78, 5) is 10.5. The fourth-order valence-electron chi connectivity index (χ4n) is 1.41. The highest BCUT2D eigenvalue weighted by molar-refractivity contribution is 7.90. The fourth-order valence-corrected chi connectivity index (χ4v) is 2.55. The van der Waals surface area contributed by atoms with Crippen molar-refractivity contribution >= 4 is 16.0 Å². The van der Waals surface area contributed by atoms with Gasteiger partial charge >= 0.3 is 21.5 Å². The number of sulfonamides is 1. The van der Waals surface area contributed by atoms with Gasteiger partial charge in [-0.15, -0.1) is 0 Å². The van der Waals surface area contributed by atoms with Gasteiger partial charge in [0.15, 0.2) is 0 Å². The van der Waals surface area contributed by atoms with E-state index in [1.807, 2.05) is 0 Å². The largest absolute Gasteiger partial charge is 0.511 e. The number of hydrogen-bond donors (Lipinski definition) is 2. The number of aliphatic carboxylic acids is 1. The van der Waals surface area contributed by atoms with Crippen molar-refractivity contribution in [2.45, 2.75) is 24.1 Å². The third-order valence-corrected chi connectivity index (χ3v) is 3.73. The van der Waals surface area contributed by atoms with E-state index in [0.717, 1.165) is 0 Å². The maximum Gasteiger partial charge on any atom is 0.511 e. The predicted molar refractivity (Wildman–Crippen MR) is 43.7 cm³/mol. The topological polar surface area (TPSA) is 94.9 Å². The van der Waals surface area contributed by atoms with Crippen molar-refractivity contribution in [3.8, 4) is 0 Å². The molecule has 1 aliphatic heterocycles. The van der Waals surface area contributed by atoms with Gasteiger partial charge in [0.2, 0.25) is 0 Å². The van der Waals surface area contributed by atoms with E-state index in [2.05, 4.69) is 0 Å². The minimum Gasteiger partial charge on any atom is -0.480 e. The van der Waals surface area contributed by atoms with Gasteiger partial charge in [-0.25, -0.2) is 8.42 Å². The molecule has 2 atom stereocenters. The Morgan fingerprint density at radius 3 is 2.25 bits per heavy atom. The Labute approximate surface area is 88.3 Å². The highest BCUT2D eigenvalue weighted by atomic mass is 32.2. The molecule has 2 N–H and O–H groups in total. The Morgan fingerprint density at radius 1 is 1.38 bits per heavy atom. The zero-order chi connectivity index (χ0) is 12.7. The minimum atomic E-state index is -5.71. The molecule has 0 aromatic rings. The van der Waals surface area contributed by atoms with Crippen molar-refractivity contribution in [3.63, 3.8) is 0 Å². The van der Waals surface area contributed by atoms with Crippen LogP contribution in [0.5, 0.6) is 0 Å². The van der Waals surface area contributed by atoms with Crippen LogP contribution in [-0.4, -0.2) is 53.1 Å². The summed E-state index contributed by atoms with van der Waals surface area (Å²) < 4.78 is 58.1. The van der Waals surface area contributed by atoms with Crippen LogP contribution >= 0.6 is 0 Å². The first-order chi connectivity index (χ1) is 7.07. The van der Waals surface area contributed by atoms with Gasteiger partial charge in [-0.1, -0.05) is 0 Å². The monoisotopic (exact) mass is 263 g/mol. The second-order valence-electron chi connectivity index (χ2n) is 3.26. The number of carboxylic acid groups (broad SMARTS) is 1. The van der Waals surface area contributed by atoms with E-state index in [9.17, 15) is 26.4 Å². The average Bonchev–Trinajstić information content (AvgIpc) is 2.45. The van der Waals surface area contributed by atoms with E-state index in [1.54, 1.807) is 0 Å². The normalized spacial score (nSPS) is 28.2.